The number of fused-ring (bicyclic) bond motifs is 1. The lowest BCUT2D eigenvalue weighted by atomic mass is 10.1. The van der Waals surface area contributed by atoms with Crippen LogP contribution in [-0.4, -0.2) is 39.8 Å². The van der Waals surface area contributed by atoms with Gasteiger partial charge in [-0.2, -0.15) is 10.1 Å². The van der Waals surface area contributed by atoms with E-state index in [1.165, 1.54) is 12.1 Å². The Kier molecular flexibility index (Phi) is 3.03. The summed E-state index contributed by atoms with van der Waals surface area (Å²) in [5.41, 5.74) is 1.42. The first-order valence-electron chi connectivity index (χ1n) is 7.20. The molecule has 23 heavy (non-hydrogen) atoms. The van der Waals surface area contributed by atoms with Gasteiger partial charge in [0.15, 0.2) is 5.58 Å². The first-order valence-corrected chi connectivity index (χ1v) is 7.20. The summed E-state index contributed by atoms with van der Waals surface area (Å²) >= 11 is 0. The highest BCUT2D eigenvalue weighted by molar-refractivity contribution is 5.92. The van der Waals surface area contributed by atoms with Crippen molar-refractivity contribution in [3.8, 4) is 0 Å². The number of anilines is 1. The molecule has 1 N–H and O–H groups in total. The summed E-state index contributed by atoms with van der Waals surface area (Å²) in [7, 11) is 1.76. The van der Waals surface area contributed by atoms with Gasteiger partial charge in [-0.25, -0.2) is 4.39 Å². The number of hydrogen-bond donors (Lipinski definition) is 1. The maximum atomic E-state index is 13.2. The van der Waals surface area contributed by atoms with Gasteiger partial charge in [0.25, 0.3) is 11.9 Å². The summed E-state index contributed by atoms with van der Waals surface area (Å²) in [4.78, 5) is 18.2. The molecule has 0 radical (unpaired) electrons. The molecule has 0 saturated carbocycles. The topological polar surface area (TPSA) is 76.2 Å². The summed E-state index contributed by atoms with van der Waals surface area (Å²) in [6, 6.07) is 6.36. The molecule has 1 aliphatic heterocycles. The van der Waals surface area contributed by atoms with Crippen molar-refractivity contribution in [2.75, 3.05) is 18.0 Å². The van der Waals surface area contributed by atoms with Gasteiger partial charge in [0.1, 0.15) is 17.0 Å². The van der Waals surface area contributed by atoms with E-state index in [0.29, 0.717) is 35.9 Å². The predicted molar refractivity (Wildman–Crippen MR) is 80.6 cm³/mol. The van der Waals surface area contributed by atoms with Crippen molar-refractivity contribution < 1.29 is 13.6 Å². The smallest absolute Gasteiger partial charge is 0.298 e. The fourth-order valence-corrected chi connectivity index (χ4v) is 2.54. The van der Waals surface area contributed by atoms with Crippen LogP contribution in [0.3, 0.4) is 0 Å². The molecule has 1 saturated heterocycles. The number of rotatable bonds is 3. The molecule has 0 bridgehead atoms. The van der Waals surface area contributed by atoms with Gasteiger partial charge >= 0.3 is 0 Å². The molecule has 4 rings (SSSR count). The van der Waals surface area contributed by atoms with Gasteiger partial charge in [-0.1, -0.05) is 0 Å². The highest BCUT2D eigenvalue weighted by Crippen LogP contribution is 2.25. The van der Waals surface area contributed by atoms with E-state index in [0.717, 1.165) is 0 Å². The van der Waals surface area contributed by atoms with E-state index in [4.69, 9.17) is 4.42 Å². The molecule has 1 fully saturated rings. The number of nitrogens with one attached hydrogen (secondary N) is 1. The van der Waals surface area contributed by atoms with Crippen LogP contribution < -0.4 is 10.2 Å². The lowest BCUT2D eigenvalue weighted by Gasteiger charge is -2.38. The summed E-state index contributed by atoms with van der Waals surface area (Å²) in [5, 5.41) is 6.96. The van der Waals surface area contributed by atoms with Gasteiger partial charge in [-0.3, -0.25) is 9.48 Å². The van der Waals surface area contributed by atoms with E-state index in [9.17, 15) is 9.18 Å². The van der Waals surface area contributed by atoms with Crippen molar-refractivity contribution in [2.45, 2.75) is 6.04 Å². The average Bonchev–Trinajstić information content (AvgIpc) is 3.07. The van der Waals surface area contributed by atoms with Crippen LogP contribution in [0.4, 0.5) is 10.4 Å². The second-order valence-electron chi connectivity index (χ2n) is 5.56. The highest BCUT2D eigenvalue weighted by atomic mass is 19.1. The van der Waals surface area contributed by atoms with Crippen LogP contribution in [-0.2, 0) is 7.05 Å². The van der Waals surface area contributed by atoms with Crippen molar-refractivity contribution in [1.29, 1.82) is 0 Å². The SMILES string of the molecule is Cn1ccc(C(=O)NC2CN(c3nc4ccc(F)cc4o3)C2)n1. The number of amides is 1. The zero-order valence-electron chi connectivity index (χ0n) is 12.4. The van der Waals surface area contributed by atoms with Crippen molar-refractivity contribution in [3.63, 3.8) is 0 Å². The van der Waals surface area contributed by atoms with Crippen molar-refractivity contribution in [3.05, 3.63) is 42.0 Å². The lowest BCUT2D eigenvalue weighted by molar-refractivity contribution is 0.0923. The number of halogens is 1. The van der Waals surface area contributed by atoms with Gasteiger partial charge in [-0.15, -0.1) is 0 Å². The molecule has 0 aliphatic carbocycles. The number of aromatic nitrogens is 3. The number of oxazole rings is 1. The average molecular weight is 315 g/mol. The first kappa shape index (κ1) is 13.7. The standard InChI is InChI=1S/C15H14FN5O2/c1-20-5-4-12(19-20)14(22)17-10-7-21(8-10)15-18-11-3-2-9(16)6-13(11)23-15/h2-6,10H,7-8H2,1H3,(H,17,22). The third-order valence-corrected chi connectivity index (χ3v) is 3.77. The Morgan fingerprint density at radius 3 is 2.96 bits per heavy atom. The normalized spacial score (nSPS) is 15.0. The summed E-state index contributed by atoms with van der Waals surface area (Å²) < 4.78 is 20.3. The maximum absolute atomic E-state index is 13.2. The summed E-state index contributed by atoms with van der Waals surface area (Å²) in [6.07, 6.45) is 1.72. The number of aryl methyl sites for hydroxylation is 1. The molecule has 1 aliphatic rings. The third kappa shape index (κ3) is 2.52. The van der Waals surface area contributed by atoms with Gasteiger partial charge in [0.2, 0.25) is 0 Å². The fourth-order valence-electron chi connectivity index (χ4n) is 2.54. The molecular weight excluding hydrogens is 301 g/mol. The molecule has 7 nitrogen and oxygen atoms in total. The fraction of sp³-hybridized carbons (Fsp3) is 0.267. The molecule has 0 atom stereocenters. The Bertz CT molecular complexity index is 881. The Labute approximate surface area is 130 Å². The van der Waals surface area contributed by atoms with Crippen LogP contribution in [0.25, 0.3) is 11.1 Å². The van der Waals surface area contributed by atoms with Crippen LogP contribution in [0.15, 0.2) is 34.9 Å². The monoisotopic (exact) mass is 315 g/mol. The van der Waals surface area contributed by atoms with Crippen molar-refractivity contribution >= 4 is 23.0 Å². The molecule has 3 aromatic rings. The van der Waals surface area contributed by atoms with Gasteiger partial charge in [-0.05, 0) is 18.2 Å². The largest absolute Gasteiger partial charge is 0.423 e. The Morgan fingerprint density at radius 1 is 1.39 bits per heavy atom. The van der Waals surface area contributed by atoms with Crippen LogP contribution in [0, 0.1) is 5.82 Å². The van der Waals surface area contributed by atoms with Gasteiger partial charge in [0, 0.05) is 32.4 Å². The van der Waals surface area contributed by atoms with Crippen LogP contribution >= 0.6 is 0 Å². The Morgan fingerprint density at radius 2 is 2.22 bits per heavy atom. The number of hydrogen-bond acceptors (Lipinski definition) is 5. The Hall–Kier alpha value is -2.90. The molecule has 0 spiro atoms. The summed E-state index contributed by atoms with van der Waals surface area (Å²) in [6.45, 7) is 1.18. The van der Waals surface area contributed by atoms with Gasteiger partial charge < -0.3 is 14.6 Å². The molecule has 3 heterocycles. The minimum atomic E-state index is -0.357. The van der Waals surface area contributed by atoms with Crippen LogP contribution in [0.1, 0.15) is 10.5 Å². The molecule has 0 unspecified atom stereocenters. The van der Waals surface area contributed by atoms with E-state index < -0.39 is 0 Å². The van der Waals surface area contributed by atoms with Crippen LogP contribution in [0.5, 0.6) is 0 Å². The van der Waals surface area contributed by atoms with E-state index in [-0.39, 0.29) is 17.8 Å². The lowest BCUT2D eigenvalue weighted by Crippen LogP contribution is -2.59. The number of benzene rings is 1. The predicted octanol–water partition coefficient (Wildman–Crippen LogP) is 1.32. The van der Waals surface area contributed by atoms with E-state index in [1.54, 1.807) is 30.1 Å². The molecule has 8 heteroatoms. The third-order valence-electron chi connectivity index (χ3n) is 3.77. The minimum absolute atomic E-state index is 0.0104. The van der Waals surface area contributed by atoms with E-state index in [1.807, 2.05) is 4.90 Å². The minimum Gasteiger partial charge on any atom is -0.423 e. The highest BCUT2D eigenvalue weighted by Gasteiger charge is 2.32. The second-order valence-corrected chi connectivity index (χ2v) is 5.56. The number of carbonyl (C=O) groups excluding carboxylic acids is 1. The zero-order valence-corrected chi connectivity index (χ0v) is 12.4. The van der Waals surface area contributed by atoms with E-state index in [2.05, 4.69) is 15.4 Å². The van der Waals surface area contributed by atoms with Crippen molar-refractivity contribution in [1.82, 2.24) is 20.1 Å². The Balaban J connectivity index is 1.39. The molecule has 1 aromatic carbocycles. The molecule has 1 amide bonds. The zero-order chi connectivity index (χ0) is 16.0. The number of carbonyl (C=O) groups is 1. The quantitative estimate of drug-likeness (QED) is 0.789. The molecular formula is C15H14FN5O2. The molecule has 118 valence electrons. The number of nitrogens with zero attached hydrogens (tertiary/aromatic N) is 4. The van der Waals surface area contributed by atoms with Crippen molar-refractivity contribution in [2.24, 2.45) is 7.05 Å². The maximum Gasteiger partial charge on any atom is 0.298 e. The summed E-state index contributed by atoms with van der Waals surface area (Å²) in [5.74, 6) is -0.556. The van der Waals surface area contributed by atoms with E-state index >= 15 is 0 Å². The molecule has 2 aromatic heterocycles. The first-order chi connectivity index (χ1) is 11.1. The second kappa shape index (κ2) is 5.08. The van der Waals surface area contributed by atoms with Crippen LogP contribution in [0.2, 0.25) is 0 Å². The van der Waals surface area contributed by atoms with Gasteiger partial charge in [0.05, 0.1) is 6.04 Å².